The Morgan fingerprint density at radius 2 is 2.11 bits per heavy atom. The first kappa shape index (κ1) is 17.8. The smallest absolute Gasteiger partial charge is 0.236 e. The first-order chi connectivity index (χ1) is 13.1. The number of hydrogen-bond acceptors (Lipinski definition) is 5. The van der Waals surface area contributed by atoms with Gasteiger partial charge < -0.3 is 9.88 Å². The molecule has 4 rings (SSSR count). The Hall–Kier alpha value is -2.64. The highest BCUT2D eigenvalue weighted by atomic mass is 32.2. The molecule has 2 aromatic heterocycles. The highest BCUT2D eigenvalue weighted by Gasteiger charge is 2.13. The van der Waals surface area contributed by atoms with E-state index in [0.29, 0.717) is 11.7 Å². The average molecular weight is 395 g/mol. The minimum atomic E-state index is -0.0898. The molecule has 0 saturated heterocycles. The van der Waals surface area contributed by atoms with Gasteiger partial charge in [-0.3, -0.25) is 4.79 Å². The van der Waals surface area contributed by atoms with Gasteiger partial charge in [-0.1, -0.05) is 47.4 Å². The summed E-state index contributed by atoms with van der Waals surface area (Å²) in [6.07, 6.45) is 1.83. The predicted molar refractivity (Wildman–Crippen MR) is 114 cm³/mol. The van der Waals surface area contributed by atoms with Gasteiger partial charge in [0.1, 0.15) is 0 Å². The number of carbonyl (C=O) groups excluding carboxylic acids is 1. The fraction of sp³-hybridized carbons (Fsp3) is 0.150. The van der Waals surface area contributed by atoms with E-state index >= 15 is 0 Å². The van der Waals surface area contributed by atoms with E-state index in [1.54, 1.807) is 0 Å². The van der Waals surface area contributed by atoms with Crippen molar-refractivity contribution in [2.75, 3.05) is 11.1 Å². The average Bonchev–Trinajstić information content (AvgIpc) is 3.21. The van der Waals surface area contributed by atoms with Crippen molar-refractivity contribution >= 4 is 55.4 Å². The Balaban J connectivity index is 1.47. The molecular weight excluding hydrogens is 376 g/mol. The number of carbonyl (C=O) groups is 1. The van der Waals surface area contributed by atoms with Crippen molar-refractivity contribution in [3.63, 3.8) is 0 Å². The number of aromatic nitrogens is 3. The highest BCUT2D eigenvalue weighted by Crippen LogP contribution is 2.28. The molecule has 2 aromatic carbocycles. The van der Waals surface area contributed by atoms with E-state index in [9.17, 15) is 4.79 Å². The molecule has 1 N–H and O–H groups in total. The van der Waals surface area contributed by atoms with Crippen molar-refractivity contribution < 1.29 is 4.79 Å². The van der Waals surface area contributed by atoms with Crippen LogP contribution in [-0.4, -0.2) is 26.2 Å². The molecule has 0 aliphatic carbocycles. The number of rotatable bonds is 6. The Morgan fingerprint density at radius 1 is 1.26 bits per heavy atom. The second-order valence-electron chi connectivity index (χ2n) is 6.11. The van der Waals surface area contributed by atoms with Crippen molar-refractivity contribution in [2.24, 2.45) is 0 Å². The SMILES string of the molecule is C=CCn1c(SCC(=O)Nc2nc3ccc(C)cc3s2)nc2ccccc21. The molecule has 0 aliphatic rings. The molecule has 27 heavy (non-hydrogen) atoms. The third-order valence-corrected chi connectivity index (χ3v) is 5.96. The molecular formula is C20H18N4OS2. The van der Waals surface area contributed by atoms with Gasteiger partial charge in [-0.2, -0.15) is 0 Å². The molecule has 0 fully saturated rings. The summed E-state index contributed by atoms with van der Waals surface area (Å²) in [5.41, 5.74) is 4.05. The summed E-state index contributed by atoms with van der Waals surface area (Å²) in [6, 6.07) is 14.0. The van der Waals surface area contributed by atoms with E-state index in [1.807, 2.05) is 49.4 Å². The van der Waals surface area contributed by atoms with Crippen LogP contribution in [0.25, 0.3) is 21.3 Å². The Kier molecular flexibility index (Phi) is 4.96. The number of benzene rings is 2. The number of thiazole rings is 1. The minimum absolute atomic E-state index is 0.0898. The molecule has 0 saturated carbocycles. The topological polar surface area (TPSA) is 59.8 Å². The number of anilines is 1. The van der Waals surface area contributed by atoms with Gasteiger partial charge >= 0.3 is 0 Å². The summed E-state index contributed by atoms with van der Waals surface area (Å²) in [6.45, 7) is 6.52. The van der Waals surface area contributed by atoms with Crippen LogP contribution in [0.5, 0.6) is 0 Å². The zero-order valence-electron chi connectivity index (χ0n) is 14.8. The number of nitrogens with zero attached hydrogens (tertiary/aromatic N) is 3. The first-order valence-corrected chi connectivity index (χ1v) is 10.3. The van der Waals surface area contributed by atoms with Crippen molar-refractivity contribution in [1.29, 1.82) is 0 Å². The van der Waals surface area contributed by atoms with E-state index in [0.717, 1.165) is 26.4 Å². The van der Waals surface area contributed by atoms with Gasteiger partial charge in [-0.15, -0.1) is 6.58 Å². The Bertz CT molecular complexity index is 1150. The molecule has 0 bridgehead atoms. The van der Waals surface area contributed by atoms with Gasteiger partial charge in [0.15, 0.2) is 10.3 Å². The van der Waals surface area contributed by atoms with Crippen LogP contribution < -0.4 is 5.32 Å². The van der Waals surface area contributed by atoms with Crippen molar-refractivity contribution in [2.45, 2.75) is 18.6 Å². The number of nitrogens with one attached hydrogen (secondary N) is 1. The lowest BCUT2D eigenvalue weighted by Gasteiger charge is -2.05. The van der Waals surface area contributed by atoms with Crippen LogP contribution in [0.1, 0.15) is 5.56 Å². The summed E-state index contributed by atoms with van der Waals surface area (Å²) in [5, 5.41) is 4.33. The predicted octanol–water partition coefficient (Wildman–Crippen LogP) is 4.87. The normalized spacial score (nSPS) is 11.1. The van der Waals surface area contributed by atoms with Crippen molar-refractivity contribution in [1.82, 2.24) is 14.5 Å². The lowest BCUT2D eigenvalue weighted by atomic mass is 10.2. The number of imidazole rings is 1. The summed E-state index contributed by atoms with van der Waals surface area (Å²) < 4.78 is 3.14. The minimum Gasteiger partial charge on any atom is -0.315 e. The monoisotopic (exact) mass is 394 g/mol. The molecule has 136 valence electrons. The molecule has 4 aromatic rings. The van der Waals surface area contributed by atoms with Crippen LogP contribution >= 0.6 is 23.1 Å². The standard InChI is InChI=1S/C20H18N4OS2/c1-3-10-24-16-7-5-4-6-14(16)22-20(24)26-12-18(25)23-19-21-15-9-8-13(2)11-17(15)27-19/h3-9,11H,1,10,12H2,2H3,(H,21,23,25). The molecule has 2 heterocycles. The molecule has 0 spiro atoms. The van der Waals surface area contributed by atoms with E-state index in [-0.39, 0.29) is 11.7 Å². The largest absolute Gasteiger partial charge is 0.315 e. The number of allylic oxidation sites excluding steroid dienone is 1. The highest BCUT2D eigenvalue weighted by molar-refractivity contribution is 7.99. The van der Waals surface area contributed by atoms with Gasteiger partial charge in [-0.05, 0) is 36.8 Å². The number of thioether (sulfide) groups is 1. The lowest BCUT2D eigenvalue weighted by Crippen LogP contribution is -2.14. The third kappa shape index (κ3) is 3.74. The van der Waals surface area contributed by atoms with Crippen LogP contribution in [-0.2, 0) is 11.3 Å². The van der Waals surface area contributed by atoms with E-state index in [4.69, 9.17) is 0 Å². The van der Waals surface area contributed by atoms with Crippen LogP contribution in [0.15, 0.2) is 60.3 Å². The molecule has 1 amide bonds. The van der Waals surface area contributed by atoms with E-state index < -0.39 is 0 Å². The van der Waals surface area contributed by atoms with Crippen molar-refractivity contribution in [3.05, 3.63) is 60.7 Å². The molecule has 7 heteroatoms. The lowest BCUT2D eigenvalue weighted by molar-refractivity contribution is -0.113. The second-order valence-corrected chi connectivity index (χ2v) is 8.08. The van der Waals surface area contributed by atoms with E-state index in [2.05, 4.69) is 32.5 Å². The van der Waals surface area contributed by atoms with Gasteiger partial charge in [0, 0.05) is 6.54 Å². The molecule has 0 unspecified atom stereocenters. The Morgan fingerprint density at radius 3 is 2.96 bits per heavy atom. The van der Waals surface area contributed by atoms with Crippen LogP contribution in [0, 0.1) is 6.92 Å². The molecule has 0 radical (unpaired) electrons. The number of fused-ring (bicyclic) bond motifs is 2. The zero-order chi connectivity index (χ0) is 18.8. The maximum Gasteiger partial charge on any atom is 0.236 e. The number of hydrogen-bond donors (Lipinski definition) is 1. The Labute approximate surface area is 165 Å². The zero-order valence-corrected chi connectivity index (χ0v) is 16.4. The molecule has 5 nitrogen and oxygen atoms in total. The summed E-state index contributed by atoms with van der Waals surface area (Å²) in [4.78, 5) is 21.5. The summed E-state index contributed by atoms with van der Waals surface area (Å²) in [7, 11) is 0. The summed E-state index contributed by atoms with van der Waals surface area (Å²) in [5.74, 6) is 0.183. The van der Waals surface area contributed by atoms with Gasteiger partial charge in [0.05, 0.1) is 27.0 Å². The van der Waals surface area contributed by atoms with Gasteiger partial charge in [-0.25, -0.2) is 9.97 Å². The van der Waals surface area contributed by atoms with Crippen molar-refractivity contribution in [3.8, 4) is 0 Å². The summed E-state index contributed by atoms with van der Waals surface area (Å²) >= 11 is 2.91. The second kappa shape index (κ2) is 7.54. The maximum atomic E-state index is 12.4. The van der Waals surface area contributed by atoms with Crippen LogP contribution in [0.4, 0.5) is 5.13 Å². The fourth-order valence-corrected chi connectivity index (χ4v) is 4.64. The van der Waals surface area contributed by atoms with Crippen LogP contribution in [0.2, 0.25) is 0 Å². The quantitative estimate of drug-likeness (QED) is 0.374. The van der Waals surface area contributed by atoms with Crippen LogP contribution in [0.3, 0.4) is 0 Å². The third-order valence-electron chi connectivity index (χ3n) is 4.05. The number of aryl methyl sites for hydroxylation is 1. The molecule has 0 atom stereocenters. The molecule has 0 aliphatic heterocycles. The maximum absolute atomic E-state index is 12.4. The van der Waals surface area contributed by atoms with Gasteiger partial charge in [0.25, 0.3) is 0 Å². The van der Waals surface area contributed by atoms with E-state index in [1.165, 1.54) is 28.7 Å². The fourth-order valence-electron chi connectivity index (χ4n) is 2.84. The number of para-hydroxylation sites is 2. The van der Waals surface area contributed by atoms with Gasteiger partial charge in [0.2, 0.25) is 5.91 Å². The number of amides is 1. The first-order valence-electron chi connectivity index (χ1n) is 8.50.